The minimum absolute atomic E-state index is 0.0568. The van der Waals surface area contributed by atoms with Gasteiger partial charge in [0, 0.05) is 37.3 Å². The van der Waals surface area contributed by atoms with Crippen molar-refractivity contribution in [1.29, 1.82) is 0 Å². The first-order chi connectivity index (χ1) is 16.1. The lowest BCUT2D eigenvalue weighted by Crippen LogP contribution is -2.37. The molecule has 2 fully saturated rings. The van der Waals surface area contributed by atoms with Crippen LogP contribution in [0.25, 0.3) is 5.65 Å². The monoisotopic (exact) mass is 449 g/mol. The fourth-order valence-electron chi connectivity index (χ4n) is 4.52. The summed E-state index contributed by atoms with van der Waals surface area (Å²) in [5, 5.41) is 11.3. The highest BCUT2D eigenvalue weighted by Crippen LogP contribution is 2.27. The number of para-hydroxylation sites is 1. The van der Waals surface area contributed by atoms with Gasteiger partial charge in [0.1, 0.15) is 6.10 Å². The van der Waals surface area contributed by atoms with Crippen molar-refractivity contribution in [3.8, 4) is 6.01 Å². The highest BCUT2D eigenvalue weighted by Gasteiger charge is 2.24. The van der Waals surface area contributed by atoms with Crippen molar-refractivity contribution in [3.05, 3.63) is 41.6 Å². The van der Waals surface area contributed by atoms with Crippen LogP contribution >= 0.6 is 0 Å². The lowest BCUT2D eigenvalue weighted by Gasteiger charge is -2.23. The molecule has 0 spiro atoms. The van der Waals surface area contributed by atoms with Crippen molar-refractivity contribution < 1.29 is 9.53 Å². The van der Waals surface area contributed by atoms with E-state index in [-0.39, 0.29) is 17.9 Å². The Morgan fingerprint density at radius 3 is 2.88 bits per heavy atom. The zero-order valence-electron chi connectivity index (χ0n) is 19.3. The molecule has 2 aromatic heterocycles. The summed E-state index contributed by atoms with van der Waals surface area (Å²) in [6, 6.07) is 8.38. The minimum Gasteiger partial charge on any atom is -0.459 e. The first-order valence-electron chi connectivity index (χ1n) is 11.9. The van der Waals surface area contributed by atoms with E-state index in [1.807, 2.05) is 35.4 Å². The zero-order valence-corrected chi connectivity index (χ0v) is 19.3. The molecule has 0 saturated carbocycles. The molecule has 0 bridgehead atoms. The fourth-order valence-corrected chi connectivity index (χ4v) is 4.52. The van der Waals surface area contributed by atoms with Crippen molar-refractivity contribution in [2.24, 2.45) is 0 Å². The van der Waals surface area contributed by atoms with Crippen LogP contribution in [0.2, 0.25) is 0 Å². The van der Waals surface area contributed by atoms with Gasteiger partial charge in [-0.25, -0.2) is 0 Å². The Hall–Kier alpha value is -3.20. The van der Waals surface area contributed by atoms with Crippen molar-refractivity contribution >= 4 is 23.2 Å². The quantitative estimate of drug-likeness (QED) is 0.572. The normalized spacial score (nSPS) is 18.9. The molecule has 2 saturated heterocycles. The highest BCUT2D eigenvalue weighted by molar-refractivity contribution is 5.96. The van der Waals surface area contributed by atoms with Crippen LogP contribution in [0.15, 0.2) is 30.5 Å². The first-order valence-corrected chi connectivity index (χ1v) is 11.9. The summed E-state index contributed by atoms with van der Waals surface area (Å²) in [5.41, 5.74) is 3.79. The SMILES string of the molecule is CC(C)c1cnn2c(NCc3ccccc3N3CCCC3=O)nc(O[C@@H]3CCCNC3)nc12. The Balaban J connectivity index is 1.44. The van der Waals surface area contributed by atoms with Gasteiger partial charge < -0.3 is 20.3 Å². The zero-order chi connectivity index (χ0) is 22.8. The number of rotatable bonds is 7. The van der Waals surface area contributed by atoms with Gasteiger partial charge >= 0.3 is 6.01 Å². The van der Waals surface area contributed by atoms with Crippen molar-refractivity contribution in [1.82, 2.24) is 24.9 Å². The van der Waals surface area contributed by atoms with E-state index in [2.05, 4.69) is 34.6 Å². The van der Waals surface area contributed by atoms with Crippen LogP contribution in [-0.2, 0) is 11.3 Å². The first kappa shape index (κ1) is 21.6. The summed E-state index contributed by atoms with van der Waals surface area (Å²) in [7, 11) is 0. The van der Waals surface area contributed by atoms with Gasteiger partial charge in [-0.05, 0) is 43.4 Å². The van der Waals surface area contributed by atoms with E-state index in [0.29, 0.717) is 24.9 Å². The van der Waals surface area contributed by atoms with Crippen LogP contribution in [0.4, 0.5) is 11.6 Å². The predicted molar refractivity (Wildman–Crippen MR) is 127 cm³/mol. The number of benzene rings is 1. The third-order valence-corrected chi connectivity index (χ3v) is 6.31. The number of hydrogen-bond acceptors (Lipinski definition) is 7. The van der Waals surface area contributed by atoms with E-state index in [1.54, 1.807) is 4.52 Å². The van der Waals surface area contributed by atoms with Gasteiger partial charge in [-0.1, -0.05) is 32.0 Å². The number of hydrogen-bond donors (Lipinski definition) is 2. The number of nitrogens with zero attached hydrogens (tertiary/aromatic N) is 5. The molecular weight excluding hydrogens is 418 g/mol. The summed E-state index contributed by atoms with van der Waals surface area (Å²) < 4.78 is 7.90. The molecule has 0 aliphatic carbocycles. The van der Waals surface area contributed by atoms with Crippen LogP contribution in [0.3, 0.4) is 0 Å². The molecule has 2 aliphatic rings. The molecule has 1 aromatic carbocycles. The van der Waals surface area contributed by atoms with Gasteiger partial charge in [-0.3, -0.25) is 4.79 Å². The van der Waals surface area contributed by atoms with Gasteiger partial charge in [-0.2, -0.15) is 19.6 Å². The van der Waals surface area contributed by atoms with E-state index in [4.69, 9.17) is 9.72 Å². The Kier molecular flexibility index (Phi) is 6.13. The Bertz CT molecular complexity index is 1140. The van der Waals surface area contributed by atoms with E-state index >= 15 is 0 Å². The maximum Gasteiger partial charge on any atom is 0.322 e. The smallest absolute Gasteiger partial charge is 0.322 e. The molecule has 174 valence electrons. The van der Waals surface area contributed by atoms with Crippen molar-refractivity contribution in [2.75, 3.05) is 29.9 Å². The molecule has 9 heteroatoms. The predicted octanol–water partition coefficient (Wildman–Crippen LogP) is 3.12. The number of piperidine rings is 1. The third-order valence-electron chi connectivity index (χ3n) is 6.31. The molecule has 5 rings (SSSR count). The summed E-state index contributed by atoms with van der Waals surface area (Å²) in [5.74, 6) is 1.03. The Labute approximate surface area is 193 Å². The van der Waals surface area contributed by atoms with Crippen LogP contribution < -0.4 is 20.3 Å². The van der Waals surface area contributed by atoms with Crippen molar-refractivity contribution in [2.45, 2.75) is 58.1 Å². The average Bonchev–Trinajstić information content (AvgIpc) is 3.44. The number of aromatic nitrogens is 4. The lowest BCUT2D eigenvalue weighted by atomic mass is 10.1. The lowest BCUT2D eigenvalue weighted by molar-refractivity contribution is -0.117. The van der Waals surface area contributed by atoms with E-state index < -0.39 is 0 Å². The maximum atomic E-state index is 12.3. The van der Waals surface area contributed by atoms with E-state index in [0.717, 1.165) is 61.4 Å². The number of anilines is 2. The number of fused-ring (bicyclic) bond motifs is 1. The van der Waals surface area contributed by atoms with E-state index in [1.165, 1.54) is 0 Å². The van der Waals surface area contributed by atoms with Crippen LogP contribution in [0.5, 0.6) is 6.01 Å². The number of carbonyl (C=O) groups is 1. The number of nitrogens with one attached hydrogen (secondary N) is 2. The minimum atomic E-state index is 0.0568. The number of amides is 1. The highest BCUT2D eigenvalue weighted by atomic mass is 16.5. The van der Waals surface area contributed by atoms with E-state index in [9.17, 15) is 4.79 Å². The topological polar surface area (TPSA) is 96.7 Å². The summed E-state index contributed by atoms with van der Waals surface area (Å²) >= 11 is 0. The van der Waals surface area contributed by atoms with Gasteiger partial charge in [0.15, 0.2) is 5.65 Å². The largest absolute Gasteiger partial charge is 0.459 e. The number of ether oxygens (including phenoxy) is 1. The standard InChI is InChI=1S/C24H31N7O2/c1-16(2)19-15-27-31-22(19)28-24(33-18-8-5-11-25-14-18)29-23(31)26-13-17-7-3-4-9-20(17)30-12-6-10-21(30)32/h3-4,7,9,15-16,18,25H,5-6,8,10-14H2,1-2H3,(H,26,28,29)/t18-/m1/s1. The molecule has 3 aromatic rings. The maximum absolute atomic E-state index is 12.3. The summed E-state index contributed by atoms with van der Waals surface area (Å²) in [6.45, 7) is 7.34. The average molecular weight is 450 g/mol. The fraction of sp³-hybridized carbons (Fsp3) is 0.500. The number of carbonyl (C=O) groups excluding carboxylic acids is 1. The third kappa shape index (κ3) is 4.50. The van der Waals surface area contributed by atoms with Gasteiger partial charge in [0.25, 0.3) is 0 Å². The molecule has 9 nitrogen and oxygen atoms in total. The second-order valence-corrected chi connectivity index (χ2v) is 9.04. The summed E-state index contributed by atoms with van der Waals surface area (Å²) in [6.07, 6.45) is 5.47. The molecule has 1 atom stereocenters. The van der Waals surface area contributed by atoms with Gasteiger partial charge in [-0.15, -0.1) is 0 Å². The van der Waals surface area contributed by atoms with Crippen LogP contribution in [0.1, 0.15) is 56.6 Å². The Morgan fingerprint density at radius 2 is 2.12 bits per heavy atom. The van der Waals surface area contributed by atoms with Crippen LogP contribution in [0, 0.1) is 0 Å². The molecular formula is C24H31N7O2. The molecule has 33 heavy (non-hydrogen) atoms. The molecule has 0 radical (unpaired) electrons. The summed E-state index contributed by atoms with van der Waals surface area (Å²) in [4.78, 5) is 23.6. The molecule has 4 heterocycles. The molecule has 2 aliphatic heterocycles. The second kappa shape index (κ2) is 9.35. The molecule has 0 unspecified atom stereocenters. The molecule has 2 N–H and O–H groups in total. The second-order valence-electron chi connectivity index (χ2n) is 9.04. The molecule has 1 amide bonds. The van der Waals surface area contributed by atoms with Crippen LogP contribution in [-0.4, -0.2) is 51.2 Å². The van der Waals surface area contributed by atoms with Gasteiger partial charge in [0.2, 0.25) is 11.9 Å². The van der Waals surface area contributed by atoms with Gasteiger partial charge in [0.05, 0.1) is 6.20 Å². The van der Waals surface area contributed by atoms with Crippen molar-refractivity contribution in [3.63, 3.8) is 0 Å². The Morgan fingerprint density at radius 1 is 1.24 bits per heavy atom.